The zero-order chi connectivity index (χ0) is 11.9. The largest absolute Gasteiger partial charge is 0.464 e. The highest BCUT2D eigenvalue weighted by atomic mass is 16.5. The highest BCUT2D eigenvalue weighted by Gasteiger charge is 2.34. The van der Waals surface area contributed by atoms with Crippen LogP contribution in [0.15, 0.2) is 6.07 Å². The van der Waals surface area contributed by atoms with E-state index in [0.717, 1.165) is 23.9 Å². The van der Waals surface area contributed by atoms with Crippen LogP contribution >= 0.6 is 0 Å². The quantitative estimate of drug-likeness (QED) is 0.734. The Labute approximate surface area is 96.4 Å². The third kappa shape index (κ3) is 1.86. The van der Waals surface area contributed by atoms with Crippen LogP contribution in [0.1, 0.15) is 35.1 Å². The fraction of sp³-hybridized carbons (Fsp3) is 0.615. The molecule has 0 amide bonds. The van der Waals surface area contributed by atoms with E-state index in [9.17, 15) is 4.79 Å². The fourth-order valence-corrected chi connectivity index (χ4v) is 2.18. The molecule has 0 radical (unpaired) electrons. The van der Waals surface area contributed by atoms with Gasteiger partial charge in [0.2, 0.25) is 0 Å². The molecule has 0 aliphatic heterocycles. The number of carbonyl (C=O) groups excluding carboxylic acids is 1. The van der Waals surface area contributed by atoms with Crippen molar-refractivity contribution >= 4 is 5.97 Å². The lowest BCUT2D eigenvalue weighted by atomic mass is 10.3. The Bertz CT molecular complexity index is 420. The lowest BCUT2D eigenvalue weighted by Crippen LogP contribution is -2.13. The first kappa shape index (κ1) is 11.2. The van der Waals surface area contributed by atoms with Gasteiger partial charge < -0.3 is 9.30 Å². The van der Waals surface area contributed by atoms with Gasteiger partial charge in [0, 0.05) is 12.2 Å². The Balaban J connectivity index is 2.29. The molecule has 2 atom stereocenters. The molecule has 16 heavy (non-hydrogen) atoms. The Hall–Kier alpha value is -1.25. The number of rotatable bonds is 3. The lowest BCUT2D eigenvalue weighted by Gasteiger charge is -2.09. The molecule has 0 unspecified atom stereocenters. The van der Waals surface area contributed by atoms with E-state index in [0.29, 0.717) is 5.69 Å². The van der Waals surface area contributed by atoms with Gasteiger partial charge >= 0.3 is 5.97 Å². The minimum atomic E-state index is -0.232. The molecular weight excluding hydrogens is 202 g/mol. The summed E-state index contributed by atoms with van der Waals surface area (Å²) in [4.78, 5) is 11.6. The van der Waals surface area contributed by atoms with Crippen molar-refractivity contribution in [1.29, 1.82) is 0 Å². The predicted molar refractivity (Wildman–Crippen MR) is 62.5 cm³/mol. The zero-order valence-corrected chi connectivity index (χ0v) is 10.4. The van der Waals surface area contributed by atoms with Crippen molar-refractivity contribution in [3.8, 4) is 0 Å². The molecule has 2 rings (SSSR count). The van der Waals surface area contributed by atoms with Gasteiger partial charge in [-0.25, -0.2) is 4.79 Å². The number of hydrogen-bond donors (Lipinski definition) is 0. The van der Waals surface area contributed by atoms with Gasteiger partial charge in [0.15, 0.2) is 0 Å². The molecule has 1 aromatic heterocycles. The number of hydrogen-bond acceptors (Lipinski definition) is 2. The van der Waals surface area contributed by atoms with Crippen LogP contribution in [-0.2, 0) is 11.3 Å². The topological polar surface area (TPSA) is 31.2 Å². The highest BCUT2D eigenvalue weighted by molar-refractivity contribution is 5.88. The van der Waals surface area contributed by atoms with E-state index in [4.69, 9.17) is 4.74 Å². The second kappa shape index (κ2) is 3.96. The van der Waals surface area contributed by atoms with E-state index < -0.39 is 0 Å². The molecular formula is C13H19NO2. The number of esters is 1. The normalized spacial score (nSPS) is 23.2. The summed E-state index contributed by atoms with van der Waals surface area (Å²) >= 11 is 0. The molecule has 1 heterocycles. The highest BCUT2D eigenvalue weighted by Crippen LogP contribution is 2.39. The van der Waals surface area contributed by atoms with Crippen molar-refractivity contribution in [1.82, 2.24) is 4.57 Å². The standard InChI is InChI=1S/C13H19NO2/c1-8-6-12(13(15)16-4)14(10(8)3)7-11-5-9(11)2/h6,9,11H,5,7H2,1-4H3/t9-,11+/m0/s1. The van der Waals surface area contributed by atoms with Gasteiger partial charge in [0.05, 0.1) is 7.11 Å². The monoisotopic (exact) mass is 221 g/mol. The Kier molecular flexibility index (Phi) is 2.78. The molecule has 1 aromatic rings. The first-order valence-electron chi connectivity index (χ1n) is 5.79. The molecule has 3 nitrogen and oxygen atoms in total. The molecule has 1 fully saturated rings. The van der Waals surface area contributed by atoms with Crippen LogP contribution in [0.25, 0.3) is 0 Å². The molecule has 88 valence electrons. The van der Waals surface area contributed by atoms with Gasteiger partial charge in [0.25, 0.3) is 0 Å². The van der Waals surface area contributed by atoms with Crippen LogP contribution in [0.4, 0.5) is 0 Å². The van der Waals surface area contributed by atoms with Crippen molar-refractivity contribution < 1.29 is 9.53 Å². The van der Waals surface area contributed by atoms with Gasteiger partial charge in [-0.1, -0.05) is 6.92 Å². The number of methoxy groups -OCH3 is 1. The van der Waals surface area contributed by atoms with Crippen molar-refractivity contribution in [2.75, 3.05) is 7.11 Å². The molecule has 1 aliphatic rings. The SMILES string of the molecule is COC(=O)c1cc(C)c(C)n1C[C@H]1C[C@@H]1C. The summed E-state index contributed by atoms with van der Waals surface area (Å²) in [6, 6.07) is 1.92. The van der Waals surface area contributed by atoms with E-state index in [2.05, 4.69) is 18.4 Å². The molecule has 0 aromatic carbocycles. The first-order chi connectivity index (χ1) is 7.54. The third-order valence-corrected chi connectivity index (χ3v) is 3.71. The van der Waals surface area contributed by atoms with Gasteiger partial charge in [-0.2, -0.15) is 0 Å². The summed E-state index contributed by atoms with van der Waals surface area (Å²) in [6.45, 7) is 7.31. The molecule has 1 aliphatic carbocycles. The van der Waals surface area contributed by atoms with E-state index >= 15 is 0 Å². The number of aromatic nitrogens is 1. The molecule has 1 saturated carbocycles. The molecule has 0 spiro atoms. The van der Waals surface area contributed by atoms with Crippen LogP contribution in [0.2, 0.25) is 0 Å². The summed E-state index contributed by atoms with van der Waals surface area (Å²) in [5.41, 5.74) is 3.03. The smallest absolute Gasteiger partial charge is 0.354 e. The maximum absolute atomic E-state index is 11.6. The molecule has 0 bridgehead atoms. The molecule has 0 N–H and O–H groups in total. The Morgan fingerprint density at radius 3 is 2.69 bits per heavy atom. The van der Waals surface area contributed by atoms with E-state index in [1.807, 2.05) is 13.0 Å². The van der Waals surface area contributed by atoms with Crippen LogP contribution in [-0.4, -0.2) is 17.6 Å². The van der Waals surface area contributed by atoms with E-state index in [1.165, 1.54) is 19.2 Å². The Morgan fingerprint density at radius 1 is 1.56 bits per heavy atom. The van der Waals surface area contributed by atoms with Gasteiger partial charge in [-0.05, 0) is 43.7 Å². The van der Waals surface area contributed by atoms with Crippen molar-refractivity contribution in [2.45, 2.75) is 33.7 Å². The van der Waals surface area contributed by atoms with Crippen LogP contribution in [0, 0.1) is 25.7 Å². The predicted octanol–water partition coefficient (Wildman–Crippen LogP) is 2.55. The first-order valence-corrected chi connectivity index (χ1v) is 5.79. The summed E-state index contributed by atoms with van der Waals surface area (Å²) in [5.74, 6) is 1.30. The van der Waals surface area contributed by atoms with Gasteiger partial charge in [0.1, 0.15) is 5.69 Å². The minimum absolute atomic E-state index is 0.232. The maximum atomic E-state index is 11.6. The number of ether oxygens (including phenoxy) is 1. The zero-order valence-electron chi connectivity index (χ0n) is 10.4. The third-order valence-electron chi connectivity index (χ3n) is 3.71. The minimum Gasteiger partial charge on any atom is -0.464 e. The van der Waals surface area contributed by atoms with Crippen LogP contribution in [0.5, 0.6) is 0 Å². The Morgan fingerprint density at radius 2 is 2.19 bits per heavy atom. The van der Waals surface area contributed by atoms with E-state index in [1.54, 1.807) is 0 Å². The lowest BCUT2D eigenvalue weighted by molar-refractivity contribution is 0.0587. The van der Waals surface area contributed by atoms with Crippen molar-refractivity contribution in [3.05, 3.63) is 23.0 Å². The number of aryl methyl sites for hydroxylation is 1. The summed E-state index contributed by atoms with van der Waals surface area (Å²) in [7, 11) is 1.43. The van der Waals surface area contributed by atoms with Crippen molar-refractivity contribution in [2.24, 2.45) is 11.8 Å². The second-order valence-corrected chi connectivity index (χ2v) is 4.87. The average molecular weight is 221 g/mol. The molecule has 3 heteroatoms. The van der Waals surface area contributed by atoms with Crippen LogP contribution in [0.3, 0.4) is 0 Å². The average Bonchev–Trinajstić information content (AvgIpc) is 2.89. The number of nitrogens with zero attached hydrogens (tertiary/aromatic N) is 1. The maximum Gasteiger partial charge on any atom is 0.354 e. The summed E-state index contributed by atoms with van der Waals surface area (Å²) in [5, 5.41) is 0. The summed E-state index contributed by atoms with van der Waals surface area (Å²) < 4.78 is 6.92. The van der Waals surface area contributed by atoms with Gasteiger partial charge in [-0.15, -0.1) is 0 Å². The van der Waals surface area contributed by atoms with Gasteiger partial charge in [-0.3, -0.25) is 0 Å². The second-order valence-electron chi connectivity index (χ2n) is 4.87. The summed E-state index contributed by atoms with van der Waals surface area (Å²) in [6.07, 6.45) is 1.28. The molecule has 0 saturated heterocycles. The van der Waals surface area contributed by atoms with E-state index in [-0.39, 0.29) is 5.97 Å². The van der Waals surface area contributed by atoms with Crippen molar-refractivity contribution in [3.63, 3.8) is 0 Å². The number of carbonyl (C=O) groups is 1. The fourth-order valence-electron chi connectivity index (χ4n) is 2.18. The van der Waals surface area contributed by atoms with Crippen LogP contribution < -0.4 is 0 Å².